The summed E-state index contributed by atoms with van der Waals surface area (Å²) in [4.78, 5) is 30.1. The minimum absolute atomic E-state index is 0.0149. The van der Waals surface area contributed by atoms with Crippen LogP contribution in [-0.4, -0.2) is 47.9 Å². The van der Waals surface area contributed by atoms with Crippen molar-refractivity contribution in [3.8, 4) is 16.9 Å². The smallest absolute Gasteiger partial charge is 0.254 e. The second-order valence-electron chi connectivity index (χ2n) is 7.40. The van der Waals surface area contributed by atoms with E-state index < -0.39 is 0 Å². The zero-order chi connectivity index (χ0) is 20.0. The molecule has 3 aromatic rings. The van der Waals surface area contributed by atoms with Crippen molar-refractivity contribution in [2.45, 2.75) is 0 Å². The zero-order valence-electron chi connectivity index (χ0n) is 15.8. The van der Waals surface area contributed by atoms with E-state index in [0.29, 0.717) is 42.9 Å². The van der Waals surface area contributed by atoms with Gasteiger partial charge in [-0.15, -0.1) is 0 Å². The molecule has 0 bridgehead atoms. The van der Waals surface area contributed by atoms with Crippen molar-refractivity contribution in [2.75, 3.05) is 31.1 Å². The number of hydrogen-bond acceptors (Lipinski definition) is 4. The van der Waals surface area contributed by atoms with Crippen LogP contribution in [-0.2, 0) is 0 Å². The fourth-order valence-electron chi connectivity index (χ4n) is 4.28. The summed E-state index contributed by atoms with van der Waals surface area (Å²) in [6.07, 6.45) is 0. The molecule has 1 aliphatic carbocycles. The SMILES string of the molecule is O=C1c2ccccc2-c2c1cccc2C(=O)N1CCN(c2cccc(O)c2)CC1. The van der Waals surface area contributed by atoms with Crippen LogP contribution in [0.4, 0.5) is 5.69 Å². The van der Waals surface area contributed by atoms with Crippen molar-refractivity contribution in [3.05, 3.63) is 83.4 Å². The van der Waals surface area contributed by atoms with Crippen molar-refractivity contribution in [1.82, 2.24) is 4.90 Å². The number of fused-ring (bicyclic) bond motifs is 3. The number of ketones is 1. The van der Waals surface area contributed by atoms with Crippen molar-refractivity contribution < 1.29 is 14.7 Å². The fourth-order valence-corrected chi connectivity index (χ4v) is 4.28. The van der Waals surface area contributed by atoms with Gasteiger partial charge >= 0.3 is 0 Å². The highest BCUT2D eigenvalue weighted by Gasteiger charge is 2.32. The van der Waals surface area contributed by atoms with E-state index in [-0.39, 0.29) is 17.4 Å². The standard InChI is InChI=1S/C24H20N2O3/c27-17-6-3-5-16(15-17)25-11-13-26(14-12-25)24(29)21-10-4-9-20-22(21)18-7-1-2-8-19(18)23(20)28/h1-10,15,27H,11-14H2. The molecule has 1 amide bonds. The van der Waals surface area contributed by atoms with Crippen LogP contribution in [0.15, 0.2) is 66.7 Å². The van der Waals surface area contributed by atoms with Gasteiger partial charge in [-0.3, -0.25) is 9.59 Å². The third-order valence-electron chi connectivity index (χ3n) is 5.74. The maximum Gasteiger partial charge on any atom is 0.254 e. The number of anilines is 1. The Morgan fingerprint density at radius 2 is 1.48 bits per heavy atom. The Morgan fingerprint density at radius 3 is 2.24 bits per heavy atom. The number of carbonyl (C=O) groups is 2. The van der Waals surface area contributed by atoms with E-state index in [2.05, 4.69) is 4.90 Å². The van der Waals surface area contributed by atoms with Crippen molar-refractivity contribution in [1.29, 1.82) is 0 Å². The summed E-state index contributed by atoms with van der Waals surface area (Å²) in [5, 5.41) is 9.71. The summed E-state index contributed by atoms with van der Waals surface area (Å²) in [6.45, 7) is 2.57. The minimum atomic E-state index is -0.0399. The van der Waals surface area contributed by atoms with Crippen molar-refractivity contribution in [3.63, 3.8) is 0 Å². The molecule has 0 radical (unpaired) electrons. The Balaban J connectivity index is 1.41. The average molecular weight is 384 g/mol. The summed E-state index contributed by atoms with van der Waals surface area (Å²) in [6, 6.07) is 20.1. The number of phenols is 1. The summed E-state index contributed by atoms with van der Waals surface area (Å²) in [5.41, 5.74) is 4.42. The molecule has 0 aromatic heterocycles. The first-order valence-electron chi connectivity index (χ1n) is 9.74. The van der Waals surface area contributed by atoms with Gasteiger partial charge in [0.05, 0.1) is 0 Å². The Bertz CT molecular complexity index is 1130. The van der Waals surface area contributed by atoms with Gasteiger partial charge in [-0.1, -0.05) is 42.5 Å². The maximum atomic E-state index is 13.3. The van der Waals surface area contributed by atoms with Gasteiger partial charge in [-0.25, -0.2) is 0 Å². The lowest BCUT2D eigenvalue weighted by atomic mass is 9.98. The second kappa shape index (κ2) is 6.78. The van der Waals surface area contributed by atoms with Crippen molar-refractivity contribution >= 4 is 17.4 Å². The zero-order valence-corrected chi connectivity index (χ0v) is 15.8. The molecular weight excluding hydrogens is 364 g/mol. The van der Waals surface area contributed by atoms with E-state index in [1.807, 2.05) is 47.4 Å². The Hall–Kier alpha value is -3.60. The molecule has 1 saturated heterocycles. The van der Waals surface area contributed by atoms with Gasteiger partial charge < -0.3 is 14.9 Å². The highest BCUT2D eigenvalue weighted by Crippen LogP contribution is 2.39. The number of aromatic hydroxyl groups is 1. The predicted octanol–water partition coefficient (Wildman–Crippen LogP) is 3.57. The van der Waals surface area contributed by atoms with Gasteiger partial charge in [-0.2, -0.15) is 0 Å². The number of phenolic OH excluding ortho intramolecular Hbond substituents is 1. The average Bonchev–Trinajstić information content (AvgIpc) is 3.06. The van der Waals surface area contributed by atoms with Gasteiger partial charge in [0, 0.05) is 60.2 Å². The van der Waals surface area contributed by atoms with E-state index in [1.54, 1.807) is 24.3 Å². The van der Waals surface area contributed by atoms with Gasteiger partial charge in [0.25, 0.3) is 5.91 Å². The molecule has 5 rings (SSSR count). The molecule has 1 heterocycles. The quantitative estimate of drug-likeness (QED) is 0.574. The molecule has 3 aromatic carbocycles. The molecule has 0 saturated carbocycles. The molecule has 0 spiro atoms. The summed E-state index contributed by atoms with van der Waals surface area (Å²) in [5.74, 6) is 0.185. The molecule has 5 nitrogen and oxygen atoms in total. The Labute approximate surface area is 168 Å². The maximum absolute atomic E-state index is 13.3. The first-order valence-corrected chi connectivity index (χ1v) is 9.74. The lowest BCUT2D eigenvalue weighted by Crippen LogP contribution is -2.48. The van der Waals surface area contributed by atoms with Crippen LogP contribution in [0.25, 0.3) is 11.1 Å². The van der Waals surface area contributed by atoms with Gasteiger partial charge in [0.2, 0.25) is 0 Å². The number of amides is 1. The van der Waals surface area contributed by atoms with E-state index in [4.69, 9.17) is 0 Å². The number of benzene rings is 3. The normalized spacial score (nSPS) is 15.2. The van der Waals surface area contributed by atoms with Gasteiger partial charge in [0.15, 0.2) is 5.78 Å². The third-order valence-corrected chi connectivity index (χ3v) is 5.74. The predicted molar refractivity (Wildman–Crippen MR) is 112 cm³/mol. The third kappa shape index (κ3) is 2.86. The molecule has 1 N–H and O–H groups in total. The van der Waals surface area contributed by atoms with Crippen molar-refractivity contribution in [2.24, 2.45) is 0 Å². The fraction of sp³-hybridized carbons (Fsp3) is 0.167. The largest absolute Gasteiger partial charge is 0.508 e. The number of nitrogens with zero attached hydrogens (tertiary/aromatic N) is 2. The molecule has 0 atom stereocenters. The van der Waals surface area contributed by atoms with Gasteiger partial charge in [0.1, 0.15) is 5.75 Å². The molecular formula is C24H20N2O3. The Kier molecular flexibility index (Phi) is 4.09. The molecule has 1 aliphatic heterocycles. The van der Waals surface area contributed by atoms with Crippen LogP contribution < -0.4 is 4.90 Å². The highest BCUT2D eigenvalue weighted by molar-refractivity contribution is 6.24. The first-order chi connectivity index (χ1) is 14.1. The van der Waals surface area contributed by atoms with Crippen LogP contribution in [0.3, 0.4) is 0 Å². The number of piperazine rings is 1. The van der Waals surface area contributed by atoms with Crippen LogP contribution in [0.5, 0.6) is 5.75 Å². The lowest BCUT2D eigenvalue weighted by molar-refractivity contribution is 0.0747. The molecule has 1 fully saturated rings. The molecule has 2 aliphatic rings. The molecule has 144 valence electrons. The number of hydrogen-bond donors (Lipinski definition) is 1. The molecule has 0 unspecified atom stereocenters. The number of rotatable bonds is 2. The Morgan fingerprint density at radius 1 is 0.793 bits per heavy atom. The molecule has 29 heavy (non-hydrogen) atoms. The van der Waals surface area contributed by atoms with Crippen LogP contribution in [0.2, 0.25) is 0 Å². The topological polar surface area (TPSA) is 60.9 Å². The van der Waals surface area contributed by atoms with Gasteiger partial charge in [-0.05, 0) is 23.8 Å². The van der Waals surface area contributed by atoms with E-state index >= 15 is 0 Å². The molecule has 5 heteroatoms. The monoisotopic (exact) mass is 384 g/mol. The number of carbonyl (C=O) groups excluding carboxylic acids is 2. The highest BCUT2D eigenvalue weighted by atomic mass is 16.3. The van der Waals surface area contributed by atoms with Crippen LogP contribution >= 0.6 is 0 Å². The first kappa shape index (κ1) is 17.5. The minimum Gasteiger partial charge on any atom is -0.508 e. The summed E-state index contributed by atoms with van der Waals surface area (Å²) < 4.78 is 0. The van der Waals surface area contributed by atoms with Crippen LogP contribution in [0.1, 0.15) is 26.3 Å². The van der Waals surface area contributed by atoms with E-state index in [0.717, 1.165) is 16.8 Å². The van der Waals surface area contributed by atoms with E-state index in [1.165, 1.54) is 0 Å². The second-order valence-corrected chi connectivity index (χ2v) is 7.40. The lowest BCUT2D eigenvalue weighted by Gasteiger charge is -2.36. The summed E-state index contributed by atoms with van der Waals surface area (Å²) >= 11 is 0. The van der Waals surface area contributed by atoms with Crippen LogP contribution in [0, 0.1) is 0 Å². The summed E-state index contributed by atoms with van der Waals surface area (Å²) in [7, 11) is 0. The van der Waals surface area contributed by atoms with E-state index in [9.17, 15) is 14.7 Å².